The van der Waals surface area contributed by atoms with Crippen LogP contribution in [0.3, 0.4) is 0 Å². The average Bonchev–Trinajstić information content (AvgIpc) is 2.76. The van der Waals surface area contributed by atoms with Crippen molar-refractivity contribution in [2.45, 2.75) is 39.5 Å². The molecule has 0 fully saturated rings. The first-order valence-electron chi connectivity index (χ1n) is 10.5. The Bertz CT molecular complexity index is 1040. The number of Topliss-reactive ketones (excluding diaryl/α,β-unsaturated/α-hetero) is 1. The van der Waals surface area contributed by atoms with E-state index in [-0.39, 0.29) is 34.9 Å². The fourth-order valence-corrected chi connectivity index (χ4v) is 4.43. The third-order valence-electron chi connectivity index (χ3n) is 5.84. The molecule has 1 aromatic rings. The first kappa shape index (κ1) is 23.2. The summed E-state index contributed by atoms with van der Waals surface area (Å²) in [5.41, 5.74) is 1.28. The minimum absolute atomic E-state index is 0.123. The molecule has 0 spiro atoms. The number of nitro groups is 1. The van der Waals surface area contributed by atoms with Gasteiger partial charge >= 0.3 is 11.9 Å². The van der Waals surface area contributed by atoms with Gasteiger partial charge in [0.15, 0.2) is 5.78 Å². The van der Waals surface area contributed by atoms with Crippen LogP contribution in [0.4, 0.5) is 5.69 Å². The molecular weight excluding hydrogens is 416 g/mol. The predicted molar refractivity (Wildman–Crippen MR) is 114 cm³/mol. The number of hydrogen-bond donors (Lipinski definition) is 1. The van der Waals surface area contributed by atoms with Crippen molar-refractivity contribution in [2.24, 2.45) is 11.8 Å². The van der Waals surface area contributed by atoms with Gasteiger partial charge in [0.05, 0.1) is 30.1 Å². The zero-order valence-electron chi connectivity index (χ0n) is 18.5. The molecule has 0 bridgehead atoms. The summed E-state index contributed by atoms with van der Waals surface area (Å²) in [5, 5.41) is 14.9. The van der Waals surface area contributed by atoms with E-state index in [0.717, 1.165) is 0 Å². The number of allylic oxidation sites excluding steroid dienone is 3. The number of hydrogen-bond acceptors (Lipinski definition) is 8. The highest BCUT2D eigenvalue weighted by atomic mass is 16.6. The molecule has 0 saturated heterocycles. The summed E-state index contributed by atoms with van der Waals surface area (Å²) in [6.07, 6.45) is 0.947. The lowest BCUT2D eigenvalue weighted by atomic mass is 9.69. The molecule has 0 saturated carbocycles. The third kappa shape index (κ3) is 4.02. The first-order chi connectivity index (χ1) is 15.2. The lowest BCUT2D eigenvalue weighted by molar-refractivity contribution is -0.385. The van der Waals surface area contributed by atoms with E-state index in [1.54, 1.807) is 19.9 Å². The molecule has 1 aliphatic carbocycles. The summed E-state index contributed by atoms with van der Waals surface area (Å²) in [5.74, 6) is -4.27. The molecule has 1 N–H and O–H groups in total. The number of ether oxygens (including phenoxy) is 2. The average molecular weight is 442 g/mol. The second-order valence-electron chi connectivity index (χ2n) is 7.99. The Morgan fingerprint density at radius 2 is 1.97 bits per heavy atom. The Labute approximate surface area is 185 Å². The summed E-state index contributed by atoms with van der Waals surface area (Å²) >= 11 is 0. The molecule has 9 heteroatoms. The third-order valence-corrected chi connectivity index (χ3v) is 5.84. The van der Waals surface area contributed by atoms with Crippen molar-refractivity contribution < 1.29 is 28.8 Å². The Morgan fingerprint density at radius 1 is 1.28 bits per heavy atom. The van der Waals surface area contributed by atoms with Gasteiger partial charge in [0, 0.05) is 28.6 Å². The number of methoxy groups -OCH3 is 1. The molecule has 1 aliphatic heterocycles. The normalized spacial score (nSPS) is 22.8. The molecule has 9 nitrogen and oxygen atoms in total. The van der Waals surface area contributed by atoms with Gasteiger partial charge < -0.3 is 14.8 Å². The maximum atomic E-state index is 13.6. The molecule has 0 radical (unpaired) electrons. The molecule has 1 aromatic carbocycles. The number of nitrogens with one attached hydrogen (secondary N) is 1. The summed E-state index contributed by atoms with van der Waals surface area (Å²) in [4.78, 5) is 50.3. The maximum Gasteiger partial charge on any atom is 0.336 e. The van der Waals surface area contributed by atoms with E-state index in [9.17, 15) is 24.5 Å². The van der Waals surface area contributed by atoms with Gasteiger partial charge in [0.1, 0.15) is 5.92 Å². The summed E-state index contributed by atoms with van der Waals surface area (Å²) in [7, 11) is 1.21. The standard InChI is InChI=1S/C23H26N2O7/c1-5-10-32-23(28)18-13(3)24-15-11-12(2)17(22(27)31-4)21(26)20(15)19(18)14-8-6-7-9-16(14)25(29)30/h6-9,12,17,19,24H,5,10-11H2,1-4H3/t12-,17+,19-/m1/s1. The van der Waals surface area contributed by atoms with Crippen molar-refractivity contribution in [3.63, 3.8) is 0 Å². The first-order valence-corrected chi connectivity index (χ1v) is 10.5. The highest BCUT2D eigenvalue weighted by molar-refractivity contribution is 6.12. The van der Waals surface area contributed by atoms with E-state index in [1.807, 2.05) is 6.92 Å². The van der Waals surface area contributed by atoms with Crippen LogP contribution in [0.15, 0.2) is 46.8 Å². The van der Waals surface area contributed by atoms with Gasteiger partial charge in [-0.05, 0) is 25.7 Å². The lowest BCUT2D eigenvalue weighted by Crippen LogP contribution is -2.43. The Morgan fingerprint density at radius 3 is 2.59 bits per heavy atom. The highest BCUT2D eigenvalue weighted by Gasteiger charge is 2.48. The van der Waals surface area contributed by atoms with Crippen LogP contribution < -0.4 is 5.32 Å². The number of dihydropyridines is 1. The number of carbonyl (C=O) groups excluding carboxylic acids is 3. The summed E-state index contributed by atoms with van der Waals surface area (Å²) < 4.78 is 10.2. The smallest absolute Gasteiger partial charge is 0.336 e. The number of para-hydroxylation sites is 1. The van der Waals surface area contributed by atoms with E-state index in [1.165, 1.54) is 25.3 Å². The fraction of sp³-hybridized carbons (Fsp3) is 0.435. The zero-order valence-corrected chi connectivity index (χ0v) is 18.5. The van der Waals surface area contributed by atoms with E-state index in [2.05, 4.69) is 5.32 Å². The van der Waals surface area contributed by atoms with E-state index < -0.39 is 34.5 Å². The number of nitrogens with zero attached hydrogens (tertiary/aromatic N) is 1. The SMILES string of the molecule is CCCOC(=O)C1=C(C)NC2=C(C(=O)[C@@H](C(=O)OC)[C@H](C)C2)[C@@H]1c1ccccc1[N+](=O)[O-]. The lowest BCUT2D eigenvalue weighted by Gasteiger charge is -2.38. The molecule has 32 heavy (non-hydrogen) atoms. The van der Waals surface area contributed by atoms with Crippen molar-refractivity contribution >= 4 is 23.4 Å². The molecule has 170 valence electrons. The number of ketones is 1. The molecular formula is C23H26N2O7. The summed E-state index contributed by atoms with van der Waals surface area (Å²) in [6, 6.07) is 5.99. The molecule has 0 unspecified atom stereocenters. The minimum Gasteiger partial charge on any atom is -0.468 e. The van der Waals surface area contributed by atoms with Gasteiger partial charge in [0.2, 0.25) is 0 Å². The summed E-state index contributed by atoms with van der Waals surface area (Å²) in [6.45, 7) is 5.46. The van der Waals surface area contributed by atoms with Crippen LogP contribution in [0.5, 0.6) is 0 Å². The topological polar surface area (TPSA) is 125 Å². The molecule has 0 amide bonds. The second-order valence-corrected chi connectivity index (χ2v) is 7.99. The van der Waals surface area contributed by atoms with Crippen molar-refractivity contribution in [2.75, 3.05) is 13.7 Å². The van der Waals surface area contributed by atoms with E-state index in [0.29, 0.717) is 24.2 Å². The van der Waals surface area contributed by atoms with Crippen LogP contribution in [-0.4, -0.2) is 36.4 Å². The Kier molecular flexibility index (Phi) is 6.76. The van der Waals surface area contributed by atoms with Crippen LogP contribution >= 0.6 is 0 Å². The Balaban J connectivity index is 2.24. The van der Waals surface area contributed by atoms with Crippen molar-refractivity contribution in [3.8, 4) is 0 Å². The van der Waals surface area contributed by atoms with Gasteiger partial charge in [-0.1, -0.05) is 32.0 Å². The van der Waals surface area contributed by atoms with Crippen LogP contribution in [0, 0.1) is 22.0 Å². The monoisotopic (exact) mass is 442 g/mol. The van der Waals surface area contributed by atoms with Crippen LogP contribution in [0.25, 0.3) is 0 Å². The number of benzene rings is 1. The van der Waals surface area contributed by atoms with Gasteiger partial charge in [-0.15, -0.1) is 0 Å². The predicted octanol–water partition coefficient (Wildman–Crippen LogP) is 3.16. The fourth-order valence-electron chi connectivity index (χ4n) is 4.43. The van der Waals surface area contributed by atoms with E-state index >= 15 is 0 Å². The quantitative estimate of drug-likeness (QED) is 0.308. The molecule has 3 atom stereocenters. The largest absolute Gasteiger partial charge is 0.468 e. The van der Waals surface area contributed by atoms with Crippen LogP contribution in [0.2, 0.25) is 0 Å². The van der Waals surface area contributed by atoms with Gasteiger partial charge in [0.25, 0.3) is 5.69 Å². The minimum atomic E-state index is -1.06. The molecule has 0 aromatic heterocycles. The number of rotatable bonds is 6. The van der Waals surface area contributed by atoms with Crippen LogP contribution in [-0.2, 0) is 23.9 Å². The number of carbonyl (C=O) groups is 3. The zero-order chi connectivity index (χ0) is 23.6. The van der Waals surface area contributed by atoms with Gasteiger partial charge in [-0.3, -0.25) is 19.7 Å². The van der Waals surface area contributed by atoms with Crippen LogP contribution in [0.1, 0.15) is 45.1 Å². The van der Waals surface area contributed by atoms with Gasteiger partial charge in [-0.2, -0.15) is 0 Å². The highest BCUT2D eigenvalue weighted by Crippen LogP contribution is 2.47. The second kappa shape index (κ2) is 9.33. The van der Waals surface area contributed by atoms with Crippen molar-refractivity contribution in [1.82, 2.24) is 5.32 Å². The maximum absolute atomic E-state index is 13.6. The van der Waals surface area contributed by atoms with Gasteiger partial charge in [-0.25, -0.2) is 4.79 Å². The molecule has 3 rings (SSSR count). The Hall–Kier alpha value is -3.49. The number of esters is 2. The molecule has 1 heterocycles. The van der Waals surface area contributed by atoms with Crippen molar-refractivity contribution in [1.29, 1.82) is 0 Å². The van der Waals surface area contributed by atoms with E-state index in [4.69, 9.17) is 9.47 Å². The number of nitro benzene ring substituents is 1. The van der Waals surface area contributed by atoms with Crippen molar-refractivity contribution in [3.05, 3.63) is 62.5 Å². The molecule has 2 aliphatic rings.